The smallest absolute Gasteiger partial charge is 0.296 e. The number of fused-ring (bicyclic) bond motifs is 6. The maximum absolute atomic E-state index is 12.7. The first-order chi connectivity index (χ1) is 65.6. The van der Waals surface area contributed by atoms with E-state index in [1.807, 2.05) is 61.5 Å². The molecule has 17 aromatic carbocycles. The second-order valence-electron chi connectivity index (χ2n) is 33.8. The fourth-order valence-corrected chi connectivity index (χ4v) is 22.2. The molecule has 0 saturated carbocycles. The number of aliphatic hydroxyl groups is 2. The number of rotatable bonds is 30. The summed E-state index contributed by atoms with van der Waals surface area (Å²) in [6, 6.07) is 162. The average Bonchev–Trinajstić information content (AvgIpc) is 1.56. The van der Waals surface area contributed by atoms with Crippen molar-refractivity contribution in [2.45, 2.75) is 91.5 Å². The molecule has 0 saturated heterocycles. The lowest BCUT2D eigenvalue weighted by Gasteiger charge is -2.41. The van der Waals surface area contributed by atoms with Crippen molar-refractivity contribution >= 4 is 73.8 Å². The van der Waals surface area contributed by atoms with Crippen molar-refractivity contribution in [2.75, 3.05) is 39.5 Å². The number of nitrogens with one attached hydrogen (secondary N) is 2. The molecule has 19 rings (SSSR count). The Hall–Kier alpha value is -11.6. The van der Waals surface area contributed by atoms with Crippen molar-refractivity contribution < 1.29 is 22.8 Å². The molecule has 6 N–H and O–H groups in total. The van der Waals surface area contributed by atoms with Crippen molar-refractivity contribution in [1.82, 2.24) is 10.6 Å². The molecule has 135 heavy (non-hydrogen) atoms. The van der Waals surface area contributed by atoms with Gasteiger partial charge in [0.05, 0.1) is 29.2 Å². The summed E-state index contributed by atoms with van der Waals surface area (Å²) < 4.78 is 35.2. The summed E-state index contributed by atoms with van der Waals surface area (Å²) >= 11 is 14.9. The molecular formula is C122H115Br4N3O5S. The first-order valence-electron chi connectivity index (χ1n) is 45.8. The Bertz CT molecular complexity index is 6030. The van der Waals surface area contributed by atoms with Gasteiger partial charge in [-0.1, -0.05) is 477 Å². The molecule has 0 atom stereocenters. The van der Waals surface area contributed by atoms with Gasteiger partial charge in [0.2, 0.25) is 0 Å². The van der Waals surface area contributed by atoms with Crippen molar-refractivity contribution in [3.05, 3.63) is 574 Å². The van der Waals surface area contributed by atoms with E-state index in [0.29, 0.717) is 19.4 Å². The summed E-state index contributed by atoms with van der Waals surface area (Å²) in [6.07, 6.45) is 5.69. The summed E-state index contributed by atoms with van der Waals surface area (Å²) in [5.41, 5.74) is 29.1. The van der Waals surface area contributed by atoms with Crippen LogP contribution >= 0.6 is 63.7 Å². The SMILES string of the molecule is Brc1ccc2c(c1)C(CCNC(c1ccccc1)(c1ccccc1)c1ccccc1)(CCNC(c1ccccc1)(c1ccccc1)c1ccccc1)c1cc(Br)ccc1-2.Brc1ccc2c(c1)Cc1cc(Br)ccc1-2.C.Cc1ccc(S(=O)(=O)OCCCC(c2ccccc2)(c2ccccc2)c2ccccc2)cc1.NCCO.OCCCC(c1ccccc1)(c1ccccc1)c1ccccc1. The van der Waals surface area contributed by atoms with E-state index in [-0.39, 0.29) is 43.0 Å². The van der Waals surface area contributed by atoms with E-state index in [0.717, 1.165) is 68.6 Å². The Morgan fingerprint density at radius 3 is 0.830 bits per heavy atom. The average molecular weight is 2050 g/mol. The highest BCUT2D eigenvalue weighted by atomic mass is 79.9. The molecule has 0 spiro atoms. The van der Waals surface area contributed by atoms with Crippen LogP contribution in [-0.4, -0.2) is 58.1 Å². The molecule has 17 aromatic rings. The fraction of sp³-hybridized carbons (Fsp3) is 0.164. The molecule has 13 heteroatoms. The minimum atomic E-state index is -3.79. The molecule has 0 aliphatic heterocycles. The zero-order valence-electron chi connectivity index (χ0n) is 75.2. The normalized spacial score (nSPS) is 12.2. The lowest BCUT2D eigenvalue weighted by molar-refractivity contribution is 0.275. The van der Waals surface area contributed by atoms with Gasteiger partial charge in [0.15, 0.2) is 0 Å². The minimum absolute atomic E-state index is 0. The van der Waals surface area contributed by atoms with Crippen LogP contribution in [0.5, 0.6) is 0 Å². The summed E-state index contributed by atoms with van der Waals surface area (Å²) in [5, 5.41) is 25.8. The van der Waals surface area contributed by atoms with E-state index in [4.69, 9.17) is 15.0 Å². The highest BCUT2D eigenvalue weighted by Gasteiger charge is 2.47. The van der Waals surface area contributed by atoms with E-state index in [1.54, 1.807) is 24.3 Å². The van der Waals surface area contributed by atoms with Gasteiger partial charge in [-0.25, -0.2) is 0 Å². The first kappa shape index (κ1) is 99.3. The summed E-state index contributed by atoms with van der Waals surface area (Å²) in [5.74, 6) is 0. The second kappa shape index (κ2) is 47.7. The molecule has 0 unspecified atom stereocenters. The van der Waals surface area contributed by atoms with Gasteiger partial charge >= 0.3 is 0 Å². The van der Waals surface area contributed by atoms with Gasteiger partial charge in [-0.2, -0.15) is 8.42 Å². The molecule has 2 aliphatic rings. The number of hydrogen-bond donors (Lipinski definition) is 5. The lowest BCUT2D eigenvalue weighted by Crippen LogP contribution is -2.48. The zero-order chi connectivity index (χ0) is 93.1. The van der Waals surface area contributed by atoms with E-state index >= 15 is 0 Å². The van der Waals surface area contributed by atoms with E-state index in [2.05, 4.69) is 457 Å². The third-order valence-corrected chi connectivity index (χ3v) is 29.2. The Labute approximate surface area is 832 Å². The van der Waals surface area contributed by atoms with Gasteiger partial charge in [0.25, 0.3) is 10.1 Å². The predicted octanol–water partition coefficient (Wildman–Crippen LogP) is 29.1. The molecule has 2 aliphatic carbocycles. The highest BCUT2D eigenvalue weighted by Crippen LogP contribution is 2.55. The van der Waals surface area contributed by atoms with Gasteiger partial charge in [-0.15, -0.1) is 0 Å². The monoisotopic (exact) mass is 2050 g/mol. The van der Waals surface area contributed by atoms with Gasteiger partial charge < -0.3 is 15.9 Å². The van der Waals surface area contributed by atoms with Crippen LogP contribution in [0.4, 0.5) is 0 Å². The number of aliphatic hydroxyl groups excluding tert-OH is 2. The van der Waals surface area contributed by atoms with Crippen LogP contribution in [0.1, 0.15) is 141 Å². The third-order valence-electron chi connectivity index (χ3n) is 25.9. The van der Waals surface area contributed by atoms with Gasteiger partial charge in [-0.3, -0.25) is 14.8 Å². The Kier molecular flexibility index (Phi) is 35.1. The molecule has 8 nitrogen and oxygen atoms in total. The fourth-order valence-electron chi connectivity index (χ4n) is 19.7. The highest BCUT2D eigenvalue weighted by molar-refractivity contribution is 9.11. The Morgan fingerprint density at radius 2 is 0.570 bits per heavy atom. The van der Waals surface area contributed by atoms with Gasteiger partial charge in [-0.05, 0) is 237 Å². The molecule has 0 heterocycles. The van der Waals surface area contributed by atoms with E-state index in [9.17, 15) is 13.5 Å². The third kappa shape index (κ3) is 22.7. The quantitative estimate of drug-likeness (QED) is 0.0171. The van der Waals surface area contributed by atoms with Crippen LogP contribution < -0.4 is 16.4 Å². The summed E-state index contributed by atoms with van der Waals surface area (Å²) in [6.45, 7) is 4.21. The number of hydrogen-bond acceptors (Lipinski definition) is 8. The maximum atomic E-state index is 12.7. The summed E-state index contributed by atoms with van der Waals surface area (Å²) in [4.78, 5) is 0.188. The minimum Gasteiger partial charge on any atom is -0.396 e. The van der Waals surface area contributed by atoms with Crippen molar-refractivity contribution in [3.8, 4) is 22.3 Å². The number of nitrogens with two attached hydrogens (primary N) is 1. The molecule has 0 radical (unpaired) electrons. The van der Waals surface area contributed by atoms with Crippen LogP contribution in [0.25, 0.3) is 22.3 Å². The topological polar surface area (TPSA) is 134 Å². The standard InChI is InChI=1S/C55H46Br2N2.C29H28O3S.C22H22O.C13H8Br2.C2H7NO.CH4/c56-47-31-33-49-50-34-32-48(57)40-52(50)53(51(49)39-47,35-37-58-54(41-19-7-1-8-20-41,42-21-9-2-10-22-42)43-23-11-3-12-24-43)36-38-59-55(44-25-13-4-14-26-44,45-27-15-5-16-28-45)46-29-17-6-18-30-46;1-24-18-20-28(21-19-24)33(30,31)32-23-11-22-29(25-12-5-2-6-13-25,26-14-7-3-8-15-26)27-16-9-4-10-17-27;23-18-10-17-22(19-11-4-1-5-12-19,20-13-6-2-7-14-20)21-15-8-3-9-16-21;14-10-1-3-12-8(6-10)5-9-7-11(15)2-4-13(9)12;3-1-2-4;/h1-34,39-40,58-59H,35-38H2;2-10,12-21H,11,22-23H2,1H3;1-9,11-16,23H,10,17-18H2;1-4,6-7H,5H2;4H,1-3H2;1H4. The van der Waals surface area contributed by atoms with Crippen molar-refractivity contribution in [3.63, 3.8) is 0 Å². The number of halogens is 4. The van der Waals surface area contributed by atoms with Crippen molar-refractivity contribution in [1.29, 1.82) is 0 Å². The molecule has 682 valence electrons. The van der Waals surface area contributed by atoms with Crippen LogP contribution in [0.15, 0.2) is 484 Å². The largest absolute Gasteiger partial charge is 0.396 e. The molecular weight excluding hydrogens is 1940 g/mol. The maximum Gasteiger partial charge on any atom is 0.296 e. The van der Waals surface area contributed by atoms with Crippen LogP contribution in [0.2, 0.25) is 0 Å². The van der Waals surface area contributed by atoms with E-state index in [1.165, 1.54) is 111 Å². The van der Waals surface area contributed by atoms with Crippen molar-refractivity contribution in [2.24, 2.45) is 5.73 Å². The molecule has 0 amide bonds. The lowest BCUT2D eigenvalue weighted by atomic mass is 9.67. The second-order valence-corrected chi connectivity index (χ2v) is 39.1. The first-order valence-corrected chi connectivity index (χ1v) is 50.4. The molecule has 0 bridgehead atoms. The van der Waals surface area contributed by atoms with E-state index < -0.39 is 26.6 Å². The zero-order valence-corrected chi connectivity index (χ0v) is 82.3. The number of benzene rings is 17. The molecule has 0 aromatic heterocycles. The Balaban J connectivity index is 0.000000160. The summed E-state index contributed by atoms with van der Waals surface area (Å²) in [7, 11) is -3.79. The predicted molar refractivity (Wildman–Crippen MR) is 573 cm³/mol. The van der Waals surface area contributed by atoms with Crippen LogP contribution in [0, 0.1) is 6.92 Å². The number of aryl methyl sites for hydroxylation is 1. The van der Waals surface area contributed by atoms with Crippen LogP contribution in [-0.2, 0) is 48.0 Å². The van der Waals surface area contributed by atoms with Gasteiger partial charge in [0, 0.05) is 47.3 Å². The Morgan fingerprint density at radius 1 is 0.326 bits per heavy atom. The van der Waals surface area contributed by atoms with Gasteiger partial charge in [0.1, 0.15) is 0 Å². The molecule has 0 fully saturated rings. The van der Waals surface area contributed by atoms with Crippen LogP contribution in [0.3, 0.4) is 0 Å².